The summed E-state index contributed by atoms with van der Waals surface area (Å²) in [6.45, 7) is 4.01. The summed E-state index contributed by atoms with van der Waals surface area (Å²) in [4.78, 5) is 4.18. The van der Waals surface area contributed by atoms with Gasteiger partial charge in [-0.25, -0.2) is 18.4 Å². The summed E-state index contributed by atoms with van der Waals surface area (Å²) in [6.07, 6.45) is 2.39. The molecule has 0 aliphatic heterocycles. The Labute approximate surface area is 116 Å². The Morgan fingerprint density at radius 1 is 1.15 bits per heavy atom. The van der Waals surface area contributed by atoms with Gasteiger partial charge in [-0.2, -0.15) is 5.10 Å². The van der Waals surface area contributed by atoms with Crippen LogP contribution in [0.2, 0.25) is 0 Å². The van der Waals surface area contributed by atoms with Gasteiger partial charge in [-0.05, 0) is 38.0 Å². The fraction of sp³-hybridized carbons (Fsp3) is 0.429. The van der Waals surface area contributed by atoms with E-state index >= 15 is 0 Å². The molecule has 1 atom stereocenters. The SMILES string of the molecule is CC(C)n1ncnc1CC(N)Cc1cc(F)cc(F)c1. The van der Waals surface area contributed by atoms with Crippen LogP contribution in [0.3, 0.4) is 0 Å². The molecule has 0 spiro atoms. The number of hydrogen-bond donors (Lipinski definition) is 1. The number of aromatic nitrogens is 3. The van der Waals surface area contributed by atoms with Crippen molar-refractivity contribution in [2.45, 2.75) is 38.8 Å². The normalized spacial score (nSPS) is 12.9. The number of nitrogens with two attached hydrogens (primary N) is 1. The van der Waals surface area contributed by atoms with Crippen LogP contribution in [-0.2, 0) is 12.8 Å². The fourth-order valence-corrected chi connectivity index (χ4v) is 2.19. The molecule has 1 unspecified atom stereocenters. The van der Waals surface area contributed by atoms with Crippen molar-refractivity contribution in [1.82, 2.24) is 14.8 Å². The lowest BCUT2D eigenvalue weighted by Crippen LogP contribution is -2.27. The van der Waals surface area contributed by atoms with Gasteiger partial charge in [0.25, 0.3) is 0 Å². The maximum absolute atomic E-state index is 13.1. The predicted octanol–water partition coefficient (Wildman–Crippen LogP) is 2.25. The van der Waals surface area contributed by atoms with Crippen molar-refractivity contribution in [3.05, 3.63) is 47.5 Å². The number of hydrogen-bond acceptors (Lipinski definition) is 3. The molecule has 4 nitrogen and oxygen atoms in total. The zero-order valence-electron chi connectivity index (χ0n) is 11.6. The third kappa shape index (κ3) is 3.60. The standard InChI is InChI=1S/C14H18F2N4/c1-9(2)20-14(18-8-19-20)7-13(17)5-10-3-11(15)6-12(16)4-10/h3-4,6,8-9,13H,5,7,17H2,1-2H3. The first-order chi connectivity index (χ1) is 9.45. The van der Waals surface area contributed by atoms with Crippen molar-refractivity contribution in [1.29, 1.82) is 0 Å². The van der Waals surface area contributed by atoms with E-state index in [4.69, 9.17) is 5.73 Å². The Kier molecular flexibility index (Phi) is 4.44. The molecule has 108 valence electrons. The van der Waals surface area contributed by atoms with E-state index in [1.807, 2.05) is 13.8 Å². The maximum Gasteiger partial charge on any atom is 0.138 e. The minimum atomic E-state index is -0.586. The molecule has 1 aromatic heterocycles. The number of benzene rings is 1. The zero-order valence-corrected chi connectivity index (χ0v) is 11.6. The van der Waals surface area contributed by atoms with Crippen molar-refractivity contribution in [3.8, 4) is 0 Å². The highest BCUT2D eigenvalue weighted by atomic mass is 19.1. The molecule has 1 aromatic carbocycles. The van der Waals surface area contributed by atoms with E-state index in [9.17, 15) is 8.78 Å². The van der Waals surface area contributed by atoms with Crippen LogP contribution >= 0.6 is 0 Å². The van der Waals surface area contributed by atoms with Gasteiger partial charge in [-0.15, -0.1) is 0 Å². The number of rotatable bonds is 5. The molecule has 0 radical (unpaired) electrons. The fourth-order valence-electron chi connectivity index (χ4n) is 2.19. The first-order valence-corrected chi connectivity index (χ1v) is 6.54. The quantitative estimate of drug-likeness (QED) is 0.914. The molecule has 6 heteroatoms. The Bertz CT molecular complexity index is 560. The molecule has 0 saturated carbocycles. The molecule has 0 aliphatic carbocycles. The van der Waals surface area contributed by atoms with Crippen LogP contribution in [0.4, 0.5) is 8.78 Å². The van der Waals surface area contributed by atoms with E-state index in [0.29, 0.717) is 18.4 Å². The lowest BCUT2D eigenvalue weighted by Gasteiger charge is -2.14. The number of halogens is 2. The van der Waals surface area contributed by atoms with Crippen molar-refractivity contribution < 1.29 is 8.78 Å². The largest absolute Gasteiger partial charge is 0.327 e. The number of nitrogens with zero attached hydrogens (tertiary/aromatic N) is 3. The first kappa shape index (κ1) is 14.6. The molecule has 2 N–H and O–H groups in total. The predicted molar refractivity (Wildman–Crippen MR) is 72.1 cm³/mol. The van der Waals surface area contributed by atoms with E-state index in [2.05, 4.69) is 10.1 Å². The average molecular weight is 280 g/mol. The zero-order chi connectivity index (χ0) is 14.7. The van der Waals surface area contributed by atoms with Gasteiger partial charge in [-0.1, -0.05) is 0 Å². The van der Waals surface area contributed by atoms with E-state index in [0.717, 1.165) is 11.9 Å². The van der Waals surface area contributed by atoms with Crippen molar-refractivity contribution >= 4 is 0 Å². The summed E-state index contributed by atoms with van der Waals surface area (Å²) in [5, 5.41) is 4.13. The summed E-state index contributed by atoms with van der Waals surface area (Å²) >= 11 is 0. The molecule has 0 aliphatic rings. The lowest BCUT2D eigenvalue weighted by atomic mass is 10.0. The second kappa shape index (κ2) is 6.09. The molecule has 0 fully saturated rings. The van der Waals surface area contributed by atoms with Gasteiger partial charge in [0.15, 0.2) is 0 Å². The Morgan fingerprint density at radius 2 is 1.80 bits per heavy atom. The molecule has 2 rings (SSSR count). The smallest absolute Gasteiger partial charge is 0.138 e. The highest BCUT2D eigenvalue weighted by Crippen LogP contribution is 2.12. The first-order valence-electron chi connectivity index (χ1n) is 6.54. The van der Waals surface area contributed by atoms with Crippen LogP contribution in [0.1, 0.15) is 31.3 Å². The third-order valence-corrected chi connectivity index (χ3v) is 3.00. The van der Waals surface area contributed by atoms with Crippen molar-refractivity contribution in [2.24, 2.45) is 5.73 Å². The van der Waals surface area contributed by atoms with Crippen LogP contribution in [0.25, 0.3) is 0 Å². The van der Waals surface area contributed by atoms with Gasteiger partial charge in [0.05, 0.1) is 0 Å². The van der Waals surface area contributed by atoms with Crippen LogP contribution in [0, 0.1) is 11.6 Å². The van der Waals surface area contributed by atoms with Gasteiger partial charge < -0.3 is 5.73 Å². The molecule has 0 bridgehead atoms. The average Bonchev–Trinajstić information content (AvgIpc) is 2.75. The van der Waals surface area contributed by atoms with Crippen LogP contribution in [0.5, 0.6) is 0 Å². The summed E-state index contributed by atoms with van der Waals surface area (Å²) in [7, 11) is 0. The van der Waals surface area contributed by atoms with Crippen LogP contribution in [0.15, 0.2) is 24.5 Å². The topological polar surface area (TPSA) is 56.7 Å². The van der Waals surface area contributed by atoms with Gasteiger partial charge >= 0.3 is 0 Å². The Hall–Kier alpha value is -1.82. The second-order valence-electron chi connectivity index (χ2n) is 5.16. The van der Waals surface area contributed by atoms with Gasteiger partial charge in [-0.3, -0.25) is 0 Å². The molecule has 0 amide bonds. The summed E-state index contributed by atoms with van der Waals surface area (Å²) in [5.41, 5.74) is 6.59. The van der Waals surface area contributed by atoms with Crippen molar-refractivity contribution in [2.75, 3.05) is 0 Å². The molecule has 2 aromatic rings. The second-order valence-corrected chi connectivity index (χ2v) is 5.16. The summed E-state index contributed by atoms with van der Waals surface area (Å²) < 4.78 is 28.0. The van der Waals surface area contributed by atoms with Crippen molar-refractivity contribution in [3.63, 3.8) is 0 Å². The van der Waals surface area contributed by atoms with E-state index in [-0.39, 0.29) is 12.1 Å². The summed E-state index contributed by atoms with van der Waals surface area (Å²) in [6, 6.07) is 3.39. The molecular weight excluding hydrogens is 262 g/mol. The van der Waals surface area contributed by atoms with E-state index < -0.39 is 11.6 Å². The van der Waals surface area contributed by atoms with E-state index in [1.165, 1.54) is 18.5 Å². The monoisotopic (exact) mass is 280 g/mol. The molecule has 20 heavy (non-hydrogen) atoms. The van der Waals surface area contributed by atoms with Crippen LogP contribution in [-0.4, -0.2) is 20.8 Å². The van der Waals surface area contributed by atoms with Gasteiger partial charge in [0.1, 0.15) is 23.8 Å². The molecule has 0 saturated heterocycles. The van der Waals surface area contributed by atoms with E-state index in [1.54, 1.807) is 4.68 Å². The van der Waals surface area contributed by atoms with Gasteiger partial charge in [0.2, 0.25) is 0 Å². The highest BCUT2D eigenvalue weighted by molar-refractivity contribution is 5.19. The Balaban J connectivity index is 2.05. The molecule has 1 heterocycles. The highest BCUT2D eigenvalue weighted by Gasteiger charge is 2.13. The maximum atomic E-state index is 13.1. The minimum absolute atomic E-state index is 0.200. The lowest BCUT2D eigenvalue weighted by molar-refractivity contribution is 0.489. The van der Waals surface area contributed by atoms with Crippen LogP contribution < -0.4 is 5.73 Å². The van der Waals surface area contributed by atoms with Gasteiger partial charge in [0, 0.05) is 24.6 Å². The molecular formula is C14H18F2N4. The Morgan fingerprint density at radius 3 is 2.40 bits per heavy atom. The third-order valence-electron chi connectivity index (χ3n) is 3.00. The summed E-state index contributed by atoms with van der Waals surface area (Å²) in [5.74, 6) is -0.389. The minimum Gasteiger partial charge on any atom is -0.327 e.